The quantitative estimate of drug-likeness (QED) is 0.872. The predicted octanol–water partition coefficient (Wildman–Crippen LogP) is 3.35. The lowest BCUT2D eigenvalue weighted by Gasteiger charge is -2.26. The Balaban J connectivity index is 2.36. The van der Waals surface area contributed by atoms with Crippen molar-refractivity contribution in [1.82, 2.24) is 0 Å². The molecule has 0 radical (unpaired) electrons. The van der Waals surface area contributed by atoms with Crippen LogP contribution in [0.1, 0.15) is 20.3 Å². The van der Waals surface area contributed by atoms with Gasteiger partial charge in [-0.2, -0.15) is 0 Å². The lowest BCUT2D eigenvalue weighted by atomic mass is 10.0. The highest BCUT2D eigenvalue weighted by atomic mass is 16.5. The van der Waals surface area contributed by atoms with Gasteiger partial charge < -0.3 is 10.5 Å². The van der Waals surface area contributed by atoms with Crippen molar-refractivity contribution in [2.24, 2.45) is 5.73 Å². The lowest BCUT2D eigenvalue weighted by Crippen LogP contribution is -2.31. The zero-order valence-electron chi connectivity index (χ0n) is 10.4. The van der Waals surface area contributed by atoms with Gasteiger partial charge in [-0.3, -0.25) is 0 Å². The molecule has 17 heavy (non-hydrogen) atoms. The fourth-order valence-electron chi connectivity index (χ4n) is 1.98. The summed E-state index contributed by atoms with van der Waals surface area (Å²) in [7, 11) is 0. The van der Waals surface area contributed by atoms with Gasteiger partial charge in [-0.15, -0.1) is 0 Å². The minimum Gasteiger partial charge on any atom is -0.487 e. The third kappa shape index (κ3) is 2.77. The Labute approximate surface area is 102 Å². The molecule has 0 unspecified atom stereocenters. The van der Waals surface area contributed by atoms with Crippen LogP contribution in [-0.2, 0) is 0 Å². The standard InChI is InChI=1S/C15H19NO/c1-15(2,10-11-16)17-14-9-5-7-12-6-3-4-8-13(12)14/h3-9H,10-11,16H2,1-2H3. The van der Waals surface area contributed by atoms with Crippen molar-refractivity contribution in [3.05, 3.63) is 42.5 Å². The largest absolute Gasteiger partial charge is 0.487 e. The minimum absolute atomic E-state index is 0.223. The van der Waals surface area contributed by atoms with Gasteiger partial charge in [-0.05, 0) is 38.3 Å². The average molecular weight is 229 g/mol. The van der Waals surface area contributed by atoms with Crippen molar-refractivity contribution in [2.45, 2.75) is 25.9 Å². The molecule has 0 bridgehead atoms. The number of hydrogen-bond acceptors (Lipinski definition) is 2. The van der Waals surface area contributed by atoms with E-state index in [1.165, 1.54) is 5.39 Å². The van der Waals surface area contributed by atoms with Crippen LogP contribution in [0.15, 0.2) is 42.5 Å². The summed E-state index contributed by atoms with van der Waals surface area (Å²) in [6.07, 6.45) is 0.843. The molecule has 0 aliphatic rings. The normalized spacial score (nSPS) is 11.7. The van der Waals surface area contributed by atoms with Gasteiger partial charge in [-0.1, -0.05) is 36.4 Å². The highest BCUT2D eigenvalue weighted by Crippen LogP contribution is 2.29. The van der Waals surface area contributed by atoms with Crippen LogP contribution in [0.25, 0.3) is 10.8 Å². The Hall–Kier alpha value is -1.54. The molecule has 0 amide bonds. The third-order valence-electron chi connectivity index (χ3n) is 2.88. The topological polar surface area (TPSA) is 35.2 Å². The zero-order chi connectivity index (χ0) is 12.3. The number of rotatable bonds is 4. The van der Waals surface area contributed by atoms with E-state index in [1.54, 1.807) is 0 Å². The summed E-state index contributed by atoms with van der Waals surface area (Å²) < 4.78 is 6.08. The van der Waals surface area contributed by atoms with E-state index in [0.717, 1.165) is 17.6 Å². The van der Waals surface area contributed by atoms with Crippen LogP contribution < -0.4 is 10.5 Å². The van der Waals surface area contributed by atoms with Gasteiger partial charge in [0.2, 0.25) is 0 Å². The van der Waals surface area contributed by atoms with Crippen LogP contribution >= 0.6 is 0 Å². The fraction of sp³-hybridized carbons (Fsp3) is 0.333. The first-order chi connectivity index (χ1) is 8.12. The van der Waals surface area contributed by atoms with Gasteiger partial charge in [0.05, 0.1) is 0 Å². The molecule has 0 heterocycles. The van der Waals surface area contributed by atoms with Crippen molar-refractivity contribution in [1.29, 1.82) is 0 Å². The van der Waals surface area contributed by atoms with Crippen molar-refractivity contribution >= 4 is 10.8 Å². The van der Waals surface area contributed by atoms with Crippen molar-refractivity contribution in [2.75, 3.05) is 6.54 Å². The minimum atomic E-state index is -0.223. The number of hydrogen-bond donors (Lipinski definition) is 1. The molecule has 2 nitrogen and oxygen atoms in total. The highest BCUT2D eigenvalue weighted by molar-refractivity contribution is 5.88. The van der Waals surface area contributed by atoms with E-state index in [-0.39, 0.29) is 5.60 Å². The fourth-order valence-corrected chi connectivity index (χ4v) is 1.98. The molecule has 2 heteroatoms. The molecule has 0 saturated carbocycles. The van der Waals surface area contributed by atoms with E-state index in [2.05, 4.69) is 32.0 Å². The number of benzene rings is 2. The second-order valence-corrected chi connectivity index (χ2v) is 4.88. The van der Waals surface area contributed by atoms with Crippen molar-refractivity contribution < 1.29 is 4.74 Å². The van der Waals surface area contributed by atoms with E-state index in [4.69, 9.17) is 10.5 Å². The average Bonchev–Trinajstić information content (AvgIpc) is 2.29. The van der Waals surface area contributed by atoms with Crippen LogP contribution in [0.4, 0.5) is 0 Å². The molecule has 0 aromatic heterocycles. The first kappa shape index (κ1) is 11.9. The maximum atomic E-state index is 6.08. The summed E-state index contributed by atoms with van der Waals surface area (Å²) in [5, 5.41) is 2.36. The molecule has 2 N–H and O–H groups in total. The van der Waals surface area contributed by atoms with Crippen LogP contribution in [-0.4, -0.2) is 12.1 Å². The van der Waals surface area contributed by atoms with Gasteiger partial charge in [-0.25, -0.2) is 0 Å². The Morgan fingerprint density at radius 3 is 2.53 bits per heavy atom. The SMILES string of the molecule is CC(C)(CCN)Oc1cccc2ccccc12. The Morgan fingerprint density at radius 2 is 1.76 bits per heavy atom. The summed E-state index contributed by atoms with van der Waals surface area (Å²) in [5.74, 6) is 0.932. The molecule has 2 aromatic rings. The molecule has 0 aliphatic heterocycles. The lowest BCUT2D eigenvalue weighted by molar-refractivity contribution is 0.104. The van der Waals surface area contributed by atoms with E-state index in [0.29, 0.717) is 6.54 Å². The number of ether oxygens (including phenoxy) is 1. The second-order valence-electron chi connectivity index (χ2n) is 4.88. The van der Waals surface area contributed by atoms with E-state index < -0.39 is 0 Å². The van der Waals surface area contributed by atoms with Crippen LogP contribution in [0, 0.1) is 0 Å². The van der Waals surface area contributed by atoms with Crippen molar-refractivity contribution in [3.63, 3.8) is 0 Å². The smallest absolute Gasteiger partial charge is 0.127 e. The molecule has 90 valence electrons. The molecule has 0 fully saturated rings. The summed E-state index contributed by atoms with van der Waals surface area (Å²) in [5.41, 5.74) is 5.38. The first-order valence-electron chi connectivity index (χ1n) is 5.99. The van der Waals surface area contributed by atoms with E-state index in [9.17, 15) is 0 Å². The molecule has 2 rings (SSSR count). The maximum Gasteiger partial charge on any atom is 0.127 e. The van der Waals surface area contributed by atoms with Gasteiger partial charge in [0.25, 0.3) is 0 Å². The zero-order valence-corrected chi connectivity index (χ0v) is 10.4. The summed E-state index contributed by atoms with van der Waals surface area (Å²) in [4.78, 5) is 0. The predicted molar refractivity (Wildman–Crippen MR) is 72.3 cm³/mol. The molecule has 0 spiro atoms. The summed E-state index contributed by atoms with van der Waals surface area (Å²) >= 11 is 0. The molecular weight excluding hydrogens is 210 g/mol. The second kappa shape index (κ2) is 4.76. The van der Waals surface area contributed by atoms with E-state index in [1.807, 2.05) is 24.3 Å². The Kier molecular flexibility index (Phi) is 3.34. The highest BCUT2D eigenvalue weighted by Gasteiger charge is 2.19. The van der Waals surface area contributed by atoms with Gasteiger partial charge in [0.1, 0.15) is 11.4 Å². The van der Waals surface area contributed by atoms with Gasteiger partial charge in [0.15, 0.2) is 0 Å². The molecule has 2 aromatic carbocycles. The molecule has 0 aliphatic carbocycles. The Morgan fingerprint density at radius 1 is 1.06 bits per heavy atom. The van der Waals surface area contributed by atoms with Crippen molar-refractivity contribution in [3.8, 4) is 5.75 Å². The summed E-state index contributed by atoms with van der Waals surface area (Å²) in [6.45, 7) is 4.78. The van der Waals surface area contributed by atoms with E-state index >= 15 is 0 Å². The number of nitrogens with two attached hydrogens (primary N) is 1. The monoisotopic (exact) mass is 229 g/mol. The van der Waals surface area contributed by atoms with Crippen LogP contribution in [0.3, 0.4) is 0 Å². The van der Waals surface area contributed by atoms with Crippen LogP contribution in [0.5, 0.6) is 5.75 Å². The summed E-state index contributed by atoms with van der Waals surface area (Å²) in [6, 6.07) is 14.4. The third-order valence-corrected chi connectivity index (χ3v) is 2.88. The molecular formula is C15H19NO. The molecule has 0 atom stereocenters. The maximum absolute atomic E-state index is 6.08. The molecule has 0 saturated heterocycles. The first-order valence-corrected chi connectivity index (χ1v) is 5.99. The Bertz CT molecular complexity index is 500. The number of fused-ring (bicyclic) bond motifs is 1. The van der Waals surface area contributed by atoms with Gasteiger partial charge >= 0.3 is 0 Å². The van der Waals surface area contributed by atoms with Gasteiger partial charge in [0, 0.05) is 5.39 Å². The van der Waals surface area contributed by atoms with Crippen LogP contribution in [0.2, 0.25) is 0 Å².